The van der Waals surface area contributed by atoms with Gasteiger partial charge in [-0.2, -0.15) is 0 Å². The fraction of sp³-hybridized carbons (Fsp3) is 0.0625. The lowest BCUT2D eigenvalue weighted by Crippen LogP contribution is -2.05. The second-order valence-corrected chi connectivity index (χ2v) is 6.70. The first-order valence-corrected chi connectivity index (χ1v) is 8.19. The van der Waals surface area contributed by atoms with Crippen LogP contribution in [-0.4, -0.2) is 11.0 Å². The molecule has 0 radical (unpaired) electrons. The van der Waals surface area contributed by atoms with Crippen molar-refractivity contribution in [3.05, 3.63) is 67.8 Å². The zero-order valence-corrected chi connectivity index (χ0v) is 14.6. The molecule has 0 fully saturated rings. The monoisotopic (exact) mass is 455 g/mol. The predicted molar refractivity (Wildman–Crippen MR) is 94.3 cm³/mol. The number of carbonyl (C=O) groups is 1. The third-order valence-electron chi connectivity index (χ3n) is 3.11. The summed E-state index contributed by atoms with van der Waals surface area (Å²) in [5.41, 5.74) is 2.42. The van der Waals surface area contributed by atoms with Crippen LogP contribution in [-0.2, 0) is 11.3 Å². The third kappa shape index (κ3) is 3.29. The van der Waals surface area contributed by atoms with Crippen molar-refractivity contribution in [2.75, 3.05) is 0 Å². The maximum Gasteiger partial charge on any atom is 0.338 e. The van der Waals surface area contributed by atoms with Gasteiger partial charge >= 0.3 is 5.97 Å². The summed E-state index contributed by atoms with van der Waals surface area (Å²) >= 11 is 5.71. The number of benzene rings is 2. The zero-order valence-electron chi connectivity index (χ0n) is 10.9. The average Bonchev–Trinajstić information content (AvgIpc) is 2.94. The van der Waals surface area contributed by atoms with Gasteiger partial charge < -0.3 is 9.72 Å². The highest BCUT2D eigenvalue weighted by Crippen LogP contribution is 2.25. The largest absolute Gasteiger partial charge is 0.457 e. The molecule has 0 spiro atoms. The van der Waals surface area contributed by atoms with Crippen molar-refractivity contribution >= 4 is 55.4 Å². The van der Waals surface area contributed by atoms with Crippen LogP contribution in [0.2, 0.25) is 0 Å². The van der Waals surface area contributed by atoms with Crippen molar-refractivity contribution in [2.24, 2.45) is 0 Å². The molecule has 0 aliphatic carbocycles. The van der Waals surface area contributed by atoms with Gasteiger partial charge in [0.25, 0.3) is 0 Å². The minimum Gasteiger partial charge on any atom is -0.457 e. The van der Waals surface area contributed by atoms with E-state index in [9.17, 15) is 4.79 Å². The SMILES string of the molecule is O=C(OCc1cccc(I)c1)c1cc(Br)c2cc[nH]c2c1. The Bertz CT molecular complexity index is 813. The molecule has 3 aromatic rings. The molecule has 0 saturated carbocycles. The molecule has 21 heavy (non-hydrogen) atoms. The average molecular weight is 456 g/mol. The topological polar surface area (TPSA) is 42.1 Å². The molecule has 0 amide bonds. The standard InChI is InChI=1S/C16H11BrINO2/c17-14-7-11(8-15-13(14)4-5-19-15)16(20)21-9-10-2-1-3-12(18)6-10/h1-8,19H,9H2. The van der Waals surface area contributed by atoms with Gasteiger partial charge in [-0.25, -0.2) is 4.79 Å². The summed E-state index contributed by atoms with van der Waals surface area (Å²) in [6.07, 6.45) is 1.84. The van der Waals surface area contributed by atoms with Gasteiger partial charge in [0.15, 0.2) is 0 Å². The van der Waals surface area contributed by atoms with Crippen LogP contribution in [0.4, 0.5) is 0 Å². The molecule has 3 nitrogen and oxygen atoms in total. The highest BCUT2D eigenvalue weighted by molar-refractivity contribution is 14.1. The second-order valence-electron chi connectivity index (χ2n) is 4.60. The number of rotatable bonds is 3. The Kier molecular flexibility index (Phi) is 4.30. The molecule has 0 aliphatic heterocycles. The molecule has 1 N–H and O–H groups in total. The van der Waals surface area contributed by atoms with Crippen LogP contribution >= 0.6 is 38.5 Å². The van der Waals surface area contributed by atoms with E-state index in [-0.39, 0.29) is 12.6 Å². The van der Waals surface area contributed by atoms with E-state index in [1.165, 1.54) is 0 Å². The Balaban J connectivity index is 1.77. The van der Waals surface area contributed by atoms with Gasteiger partial charge in [0, 0.05) is 25.1 Å². The molecule has 3 rings (SSSR count). The Labute approximate surface area is 144 Å². The van der Waals surface area contributed by atoms with Gasteiger partial charge in [0.1, 0.15) is 6.61 Å². The first kappa shape index (κ1) is 14.6. The molecule has 0 atom stereocenters. The highest BCUT2D eigenvalue weighted by atomic mass is 127. The van der Waals surface area contributed by atoms with Crippen LogP contribution in [0.1, 0.15) is 15.9 Å². The molecule has 106 valence electrons. The fourth-order valence-corrected chi connectivity index (χ4v) is 3.30. The Morgan fingerprint density at radius 2 is 2.10 bits per heavy atom. The molecule has 1 aromatic heterocycles. The number of aromatic nitrogens is 1. The number of H-pyrrole nitrogens is 1. The molecular weight excluding hydrogens is 445 g/mol. The van der Waals surface area contributed by atoms with Crippen LogP contribution in [0.15, 0.2) is 53.1 Å². The van der Waals surface area contributed by atoms with Crippen molar-refractivity contribution in [1.29, 1.82) is 0 Å². The maximum absolute atomic E-state index is 12.2. The van der Waals surface area contributed by atoms with E-state index >= 15 is 0 Å². The number of ether oxygens (including phenoxy) is 1. The van der Waals surface area contributed by atoms with Crippen LogP contribution in [0, 0.1) is 3.57 Å². The quantitative estimate of drug-likeness (QED) is 0.451. The summed E-state index contributed by atoms with van der Waals surface area (Å²) in [6.45, 7) is 0.274. The molecule has 0 bridgehead atoms. The van der Waals surface area contributed by atoms with E-state index in [1.54, 1.807) is 12.1 Å². The predicted octanol–water partition coefficient (Wildman–Crippen LogP) is 4.89. The Morgan fingerprint density at radius 3 is 2.90 bits per heavy atom. The zero-order chi connectivity index (χ0) is 14.8. The van der Waals surface area contributed by atoms with Crippen molar-refractivity contribution in [3.8, 4) is 0 Å². The summed E-state index contributed by atoms with van der Waals surface area (Å²) < 4.78 is 7.37. The summed E-state index contributed by atoms with van der Waals surface area (Å²) in [7, 11) is 0. The number of esters is 1. The smallest absolute Gasteiger partial charge is 0.338 e. The van der Waals surface area contributed by atoms with Gasteiger partial charge in [-0.15, -0.1) is 0 Å². The second kappa shape index (κ2) is 6.19. The number of carbonyl (C=O) groups excluding carboxylic acids is 1. The van der Waals surface area contributed by atoms with E-state index < -0.39 is 0 Å². The van der Waals surface area contributed by atoms with E-state index in [2.05, 4.69) is 43.5 Å². The van der Waals surface area contributed by atoms with Crippen LogP contribution in [0.3, 0.4) is 0 Å². The number of fused-ring (bicyclic) bond motifs is 1. The number of halogens is 2. The van der Waals surface area contributed by atoms with Crippen molar-refractivity contribution in [3.63, 3.8) is 0 Å². The molecular formula is C16H11BrINO2. The molecule has 1 heterocycles. The van der Waals surface area contributed by atoms with Crippen molar-refractivity contribution in [2.45, 2.75) is 6.61 Å². The third-order valence-corrected chi connectivity index (χ3v) is 4.44. The normalized spacial score (nSPS) is 10.8. The highest BCUT2D eigenvalue weighted by Gasteiger charge is 2.11. The van der Waals surface area contributed by atoms with Gasteiger partial charge in [0.2, 0.25) is 0 Å². The van der Waals surface area contributed by atoms with Crippen LogP contribution in [0.25, 0.3) is 10.9 Å². The lowest BCUT2D eigenvalue weighted by atomic mass is 10.1. The number of aromatic amines is 1. The summed E-state index contributed by atoms with van der Waals surface area (Å²) in [4.78, 5) is 15.3. The van der Waals surface area contributed by atoms with E-state index in [0.29, 0.717) is 5.56 Å². The van der Waals surface area contributed by atoms with Gasteiger partial charge in [-0.3, -0.25) is 0 Å². The van der Waals surface area contributed by atoms with Gasteiger partial charge in [-0.1, -0.05) is 28.1 Å². The fourth-order valence-electron chi connectivity index (χ4n) is 2.10. The minimum atomic E-state index is -0.328. The van der Waals surface area contributed by atoms with Crippen molar-refractivity contribution in [1.82, 2.24) is 4.98 Å². The Morgan fingerprint density at radius 1 is 1.24 bits per heavy atom. The maximum atomic E-state index is 12.2. The van der Waals surface area contributed by atoms with Crippen LogP contribution < -0.4 is 0 Å². The molecule has 0 aliphatic rings. The summed E-state index contributed by atoms with van der Waals surface area (Å²) in [5.74, 6) is -0.328. The molecule has 0 saturated heterocycles. The lowest BCUT2D eigenvalue weighted by molar-refractivity contribution is 0.0472. The first-order valence-electron chi connectivity index (χ1n) is 6.32. The summed E-state index contributed by atoms with van der Waals surface area (Å²) in [5, 5.41) is 1.05. The first-order chi connectivity index (χ1) is 10.1. The summed E-state index contributed by atoms with van der Waals surface area (Å²) in [6, 6.07) is 13.4. The van der Waals surface area contributed by atoms with Crippen molar-refractivity contribution < 1.29 is 9.53 Å². The molecule has 2 aromatic carbocycles. The van der Waals surface area contributed by atoms with Gasteiger partial charge in [-0.05, 0) is 58.5 Å². The number of hydrogen-bond acceptors (Lipinski definition) is 2. The Hall–Kier alpha value is -1.34. The molecule has 5 heteroatoms. The molecule has 0 unspecified atom stereocenters. The number of hydrogen-bond donors (Lipinski definition) is 1. The minimum absolute atomic E-state index is 0.274. The van der Waals surface area contributed by atoms with E-state index in [0.717, 1.165) is 24.5 Å². The van der Waals surface area contributed by atoms with E-state index in [4.69, 9.17) is 4.74 Å². The number of nitrogens with one attached hydrogen (secondary N) is 1. The van der Waals surface area contributed by atoms with Crippen LogP contribution in [0.5, 0.6) is 0 Å². The van der Waals surface area contributed by atoms with E-state index in [1.807, 2.05) is 36.5 Å². The lowest BCUT2D eigenvalue weighted by Gasteiger charge is -2.06. The van der Waals surface area contributed by atoms with Gasteiger partial charge in [0.05, 0.1) is 5.56 Å².